The molecule has 1 aliphatic carbocycles. The first-order chi connectivity index (χ1) is 17.4. The summed E-state index contributed by atoms with van der Waals surface area (Å²) in [6.07, 6.45) is 2.65. The number of fused-ring (bicyclic) bond motifs is 1. The van der Waals surface area contributed by atoms with Crippen LogP contribution in [0.3, 0.4) is 0 Å². The number of hydrogen-bond acceptors (Lipinski definition) is 5. The number of halogens is 1. The molecule has 3 amide bonds. The van der Waals surface area contributed by atoms with Crippen molar-refractivity contribution in [3.8, 4) is 0 Å². The largest absolute Gasteiger partial charge is 0.444 e. The van der Waals surface area contributed by atoms with Gasteiger partial charge in [-0.3, -0.25) is 9.59 Å². The van der Waals surface area contributed by atoms with Gasteiger partial charge >= 0.3 is 6.09 Å². The molecule has 1 aromatic heterocycles. The molecule has 1 saturated heterocycles. The van der Waals surface area contributed by atoms with E-state index in [9.17, 15) is 14.4 Å². The monoisotopic (exact) mass is 532 g/mol. The minimum absolute atomic E-state index is 0.0111. The molecular formula is C27H37ClN4O5. The lowest BCUT2D eigenvalue weighted by molar-refractivity contribution is -0.150. The molecule has 1 atom stereocenters. The fourth-order valence-corrected chi connectivity index (χ4v) is 4.71. The van der Waals surface area contributed by atoms with Crippen molar-refractivity contribution in [2.45, 2.75) is 71.4 Å². The quantitative estimate of drug-likeness (QED) is 0.540. The second-order valence-electron chi connectivity index (χ2n) is 10.9. The zero-order valence-corrected chi connectivity index (χ0v) is 23.1. The first kappa shape index (κ1) is 27.3. The van der Waals surface area contributed by atoms with Crippen LogP contribution in [0, 0.1) is 0 Å². The Morgan fingerprint density at radius 1 is 1.22 bits per heavy atom. The number of aromatic nitrogens is 1. The second-order valence-corrected chi connectivity index (χ2v) is 11.4. The number of ether oxygens (including phenoxy) is 2. The molecule has 4 rings (SSSR count). The molecule has 0 unspecified atom stereocenters. The van der Waals surface area contributed by atoms with Gasteiger partial charge in [0.05, 0.1) is 18.2 Å². The molecular weight excluding hydrogens is 496 g/mol. The van der Waals surface area contributed by atoms with Crippen molar-refractivity contribution < 1.29 is 23.9 Å². The van der Waals surface area contributed by atoms with Crippen LogP contribution >= 0.6 is 11.6 Å². The Kier molecular flexibility index (Phi) is 8.04. The molecule has 2 heterocycles. The standard InChI is InChI=1S/C27H37ClN4O5/c1-18(33)29(5)10-11-30-16-22(28)21-9-6-19(14-23(21)30)15-32(20-7-8-20)25(34)24-17-31(12-13-36-24)26(35)37-27(2,3)4/h6,9,14,16,20,24H,7-8,10-13,15,17H2,1-5H3/t24-/m1/s1. The molecule has 0 spiro atoms. The molecule has 202 valence electrons. The third-order valence-electron chi connectivity index (χ3n) is 6.73. The summed E-state index contributed by atoms with van der Waals surface area (Å²) in [4.78, 5) is 42.8. The summed E-state index contributed by atoms with van der Waals surface area (Å²) in [5, 5.41) is 1.59. The van der Waals surface area contributed by atoms with Gasteiger partial charge in [0.25, 0.3) is 5.91 Å². The van der Waals surface area contributed by atoms with Crippen LogP contribution in [0.1, 0.15) is 46.1 Å². The fraction of sp³-hybridized carbons (Fsp3) is 0.593. The van der Waals surface area contributed by atoms with Gasteiger partial charge in [-0.2, -0.15) is 0 Å². The number of hydrogen-bond donors (Lipinski definition) is 0. The molecule has 9 nitrogen and oxygen atoms in total. The zero-order valence-electron chi connectivity index (χ0n) is 22.3. The van der Waals surface area contributed by atoms with E-state index in [1.165, 1.54) is 0 Å². The first-order valence-corrected chi connectivity index (χ1v) is 13.2. The van der Waals surface area contributed by atoms with E-state index in [0.29, 0.717) is 37.8 Å². The van der Waals surface area contributed by atoms with Crippen LogP contribution in [0.15, 0.2) is 24.4 Å². The highest BCUT2D eigenvalue weighted by Crippen LogP contribution is 2.32. The van der Waals surface area contributed by atoms with Crippen molar-refractivity contribution in [3.05, 3.63) is 35.0 Å². The van der Waals surface area contributed by atoms with Crippen LogP contribution < -0.4 is 0 Å². The SMILES string of the molecule is CC(=O)N(C)CCn1cc(Cl)c2ccc(CN(C(=O)[C@H]3CN(C(=O)OC(C)(C)C)CCO3)C3CC3)cc21. The Morgan fingerprint density at radius 3 is 2.59 bits per heavy atom. The summed E-state index contributed by atoms with van der Waals surface area (Å²) in [6, 6.07) is 6.21. The predicted octanol–water partition coefficient (Wildman–Crippen LogP) is 3.90. The van der Waals surface area contributed by atoms with Crippen LogP contribution in [0.4, 0.5) is 4.79 Å². The van der Waals surface area contributed by atoms with Crippen molar-refractivity contribution in [2.75, 3.05) is 33.3 Å². The van der Waals surface area contributed by atoms with Gasteiger partial charge in [0.1, 0.15) is 5.60 Å². The summed E-state index contributed by atoms with van der Waals surface area (Å²) in [6.45, 7) is 9.52. The summed E-state index contributed by atoms with van der Waals surface area (Å²) >= 11 is 6.48. The molecule has 10 heteroatoms. The van der Waals surface area contributed by atoms with Crippen LogP contribution in [0.5, 0.6) is 0 Å². The molecule has 1 aromatic carbocycles. The van der Waals surface area contributed by atoms with Gasteiger partial charge < -0.3 is 28.7 Å². The van der Waals surface area contributed by atoms with Crippen molar-refractivity contribution >= 4 is 40.4 Å². The Bertz CT molecular complexity index is 1170. The highest BCUT2D eigenvalue weighted by molar-refractivity contribution is 6.35. The fourth-order valence-electron chi connectivity index (χ4n) is 4.44. The summed E-state index contributed by atoms with van der Waals surface area (Å²) < 4.78 is 13.4. The Hall–Kier alpha value is -2.78. The van der Waals surface area contributed by atoms with E-state index in [2.05, 4.69) is 6.07 Å². The van der Waals surface area contributed by atoms with E-state index in [0.717, 1.165) is 29.3 Å². The number of likely N-dealkylation sites (N-methyl/N-ethyl adjacent to an activating group) is 1. The van der Waals surface area contributed by atoms with Crippen LogP contribution in [-0.2, 0) is 32.2 Å². The number of amides is 3. The molecule has 0 radical (unpaired) electrons. The highest BCUT2D eigenvalue weighted by Gasteiger charge is 2.39. The van der Waals surface area contributed by atoms with E-state index < -0.39 is 17.8 Å². The maximum Gasteiger partial charge on any atom is 0.410 e. The highest BCUT2D eigenvalue weighted by atomic mass is 35.5. The van der Waals surface area contributed by atoms with Gasteiger partial charge in [-0.05, 0) is 45.2 Å². The number of carbonyl (C=O) groups is 3. The molecule has 37 heavy (non-hydrogen) atoms. The van der Waals surface area contributed by atoms with E-state index >= 15 is 0 Å². The number of benzene rings is 1. The predicted molar refractivity (Wildman–Crippen MR) is 141 cm³/mol. The van der Waals surface area contributed by atoms with E-state index in [1.54, 1.807) is 23.8 Å². The third-order valence-corrected chi connectivity index (χ3v) is 7.03. The molecule has 1 aliphatic heterocycles. The maximum atomic E-state index is 13.6. The van der Waals surface area contributed by atoms with E-state index in [1.807, 2.05) is 48.6 Å². The maximum absolute atomic E-state index is 13.6. The van der Waals surface area contributed by atoms with Crippen molar-refractivity contribution in [3.63, 3.8) is 0 Å². The Labute approximate surface area is 223 Å². The van der Waals surface area contributed by atoms with Crippen molar-refractivity contribution in [1.82, 2.24) is 19.3 Å². The first-order valence-electron chi connectivity index (χ1n) is 12.8. The van der Waals surface area contributed by atoms with Gasteiger partial charge in [0.15, 0.2) is 6.10 Å². The second kappa shape index (κ2) is 10.9. The summed E-state index contributed by atoms with van der Waals surface area (Å²) in [7, 11) is 1.78. The van der Waals surface area contributed by atoms with E-state index in [-0.39, 0.29) is 24.4 Å². The van der Waals surface area contributed by atoms with E-state index in [4.69, 9.17) is 21.1 Å². The van der Waals surface area contributed by atoms with Crippen molar-refractivity contribution in [2.24, 2.45) is 0 Å². The zero-order chi connectivity index (χ0) is 26.9. The van der Waals surface area contributed by atoms with Gasteiger partial charge in [0, 0.05) is 63.3 Å². The minimum Gasteiger partial charge on any atom is -0.444 e. The molecule has 0 bridgehead atoms. The van der Waals surface area contributed by atoms with Gasteiger partial charge in [-0.15, -0.1) is 0 Å². The van der Waals surface area contributed by atoms with Crippen LogP contribution in [-0.4, -0.2) is 88.2 Å². The smallest absolute Gasteiger partial charge is 0.410 e. The van der Waals surface area contributed by atoms with Gasteiger partial charge in [0.2, 0.25) is 5.91 Å². The molecule has 2 fully saturated rings. The van der Waals surface area contributed by atoms with Gasteiger partial charge in [-0.1, -0.05) is 23.7 Å². The molecule has 2 aromatic rings. The summed E-state index contributed by atoms with van der Waals surface area (Å²) in [5.41, 5.74) is 1.35. The summed E-state index contributed by atoms with van der Waals surface area (Å²) in [5.74, 6) is -0.0932. The third kappa shape index (κ3) is 6.76. The number of nitrogens with zero attached hydrogens (tertiary/aromatic N) is 4. The van der Waals surface area contributed by atoms with Crippen LogP contribution in [0.2, 0.25) is 5.02 Å². The van der Waals surface area contributed by atoms with Crippen LogP contribution in [0.25, 0.3) is 10.9 Å². The molecule has 2 aliphatic rings. The lowest BCUT2D eigenvalue weighted by Gasteiger charge is -2.36. The normalized spacial score (nSPS) is 18.1. The number of carbonyl (C=O) groups excluding carboxylic acids is 3. The number of rotatable bonds is 7. The molecule has 0 N–H and O–H groups in total. The van der Waals surface area contributed by atoms with Gasteiger partial charge in [-0.25, -0.2) is 4.79 Å². The average Bonchev–Trinajstić information content (AvgIpc) is 3.63. The average molecular weight is 533 g/mol. The van der Waals surface area contributed by atoms with Crippen molar-refractivity contribution in [1.29, 1.82) is 0 Å². The Morgan fingerprint density at radius 2 is 1.95 bits per heavy atom. The molecule has 1 saturated carbocycles. The number of morpholine rings is 1. The lowest BCUT2D eigenvalue weighted by Crippen LogP contribution is -2.53. The minimum atomic E-state index is -0.717. The topological polar surface area (TPSA) is 84.3 Å². The lowest BCUT2D eigenvalue weighted by atomic mass is 10.1. The Balaban J connectivity index is 1.48.